The molecule has 0 aromatic heterocycles. The number of epoxide rings is 1. The summed E-state index contributed by atoms with van der Waals surface area (Å²) >= 11 is 0. The highest BCUT2D eigenvalue weighted by Gasteiger charge is 2.53. The van der Waals surface area contributed by atoms with Crippen LogP contribution in [0.5, 0.6) is 0 Å². The standard InChI is InChI=1S/C10H20O4/c1-4-12-9(13-5-2)6-10(3)8(7-11)14-10/h8-9,11H,4-7H2,1-3H3/t8?,10-/m0/s1. The van der Waals surface area contributed by atoms with Crippen molar-refractivity contribution in [3.63, 3.8) is 0 Å². The van der Waals surface area contributed by atoms with Crippen molar-refractivity contribution < 1.29 is 19.3 Å². The maximum atomic E-state index is 8.91. The molecular formula is C10H20O4. The second-order valence-electron chi connectivity index (χ2n) is 3.65. The lowest BCUT2D eigenvalue weighted by Crippen LogP contribution is -2.26. The first-order valence-corrected chi connectivity index (χ1v) is 5.18. The maximum Gasteiger partial charge on any atom is 0.160 e. The fourth-order valence-electron chi connectivity index (χ4n) is 1.57. The van der Waals surface area contributed by atoms with E-state index in [1.54, 1.807) is 0 Å². The summed E-state index contributed by atoms with van der Waals surface area (Å²) in [5.74, 6) is 0. The van der Waals surface area contributed by atoms with Crippen molar-refractivity contribution >= 4 is 0 Å². The summed E-state index contributed by atoms with van der Waals surface area (Å²) in [6.45, 7) is 7.17. The van der Waals surface area contributed by atoms with E-state index in [1.165, 1.54) is 0 Å². The van der Waals surface area contributed by atoms with Crippen molar-refractivity contribution in [2.45, 2.75) is 45.2 Å². The van der Waals surface area contributed by atoms with E-state index in [-0.39, 0.29) is 24.6 Å². The summed E-state index contributed by atoms with van der Waals surface area (Å²) < 4.78 is 16.2. The van der Waals surface area contributed by atoms with Gasteiger partial charge >= 0.3 is 0 Å². The van der Waals surface area contributed by atoms with Gasteiger partial charge in [-0.1, -0.05) is 0 Å². The Morgan fingerprint density at radius 3 is 2.29 bits per heavy atom. The van der Waals surface area contributed by atoms with E-state index in [0.717, 1.165) is 0 Å². The van der Waals surface area contributed by atoms with Crippen LogP contribution in [0.2, 0.25) is 0 Å². The first kappa shape index (κ1) is 11.9. The molecule has 2 atom stereocenters. The molecular weight excluding hydrogens is 184 g/mol. The third kappa shape index (κ3) is 2.92. The molecule has 1 saturated heterocycles. The smallest absolute Gasteiger partial charge is 0.160 e. The second-order valence-corrected chi connectivity index (χ2v) is 3.65. The average molecular weight is 204 g/mol. The minimum atomic E-state index is -0.260. The molecule has 0 bridgehead atoms. The predicted molar refractivity (Wildman–Crippen MR) is 52.0 cm³/mol. The number of hydrogen-bond acceptors (Lipinski definition) is 4. The maximum absolute atomic E-state index is 8.91. The molecule has 14 heavy (non-hydrogen) atoms. The van der Waals surface area contributed by atoms with Gasteiger partial charge in [-0.15, -0.1) is 0 Å². The predicted octanol–water partition coefficient (Wildman–Crippen LogP) is 0.925. The summed E-state index contributed by atoms with van der Waals surface area (Å²) in [6.07, 6.45) is 0.414. The number of ether oxygens (including phenoxy) is 3. The molecule has 1 rings (SSSR count). The van der Waals surface area contributed by atoms with Crippen LogP contribution in [0.1, 0.15) is 27.2 Å². The quantitative estimate of drug-likeness (QED) is 0.495. The first-order chi connectivity index (χ1) is 6.66. The summed E-state index contributed by atoms with van der Waals surface area (Å²) in [6, 6.07) is 0. The number of aliphatic hydroxyl groups excluding tert-OH is 1. The Morgan fingerprint density at radius 1 is 1.36 bits per heavy atom. The molecule has 1 fully saturated rings. The van der Waals surface area contributed by atoms with Gasteiger partial charge in [0, 0.05) is 19.6 Å². The van der Waals surface area contributed by atoms with E-state index < -0.39 is 0 Å². The Morgan fingerprint density at radius 2 is 1.93 bits per heavy atom. The molecule has 1 aliphatic rings. The zero-order valence-corrected chi connectivity index (χ0v) is 9.16. The van der Waals surface area contributed by atoms with Gasteiger partial charge in [-0.05, 0) is 20.8 Å². The fourth-order valence-corrected chi connectivity index (χ4v) is 1.57. The third-order valence-corrected chi connectivity index (χ3v) is 2.48. The Kier molecular flexibility index (Phi) is 4.31. The fraction of sp³-hybridized carbons (Fsp3) is 1.00. The van der Waals surface area contributed by atoms with Crippen LogP contribution in [0.3, 0.4) is 0 Å². The van der Waals surface area contributed by atoms with Crippen LogP contribution in [0.4, 0.5) is 0 Å². The molecule has 0 aromatic rings. The van der Waals surface area contributed by atoms with Crippen molar-refractivity contribution in [3.8, 4) is 0 Å². The normalized spacial score (nSPS) is 31.1. The van der Waals surface area contributed by atoms with Gasteiger partial charge < -0.3 is 19.3 Å². The van der Waals surface area contributed by atoms with Crippen LogP contribution in [-0.4, -0.2) is 42.9 Å². The number of hydrogen-bond donors (Lipinski definition) is 1. The van der Waals surface area contributed by atoms with E-state index in [9.17, 15) is 0 Å². The van der Waals surface area contributed by atoms with Crippen molar-refractivity contribution in [2.24, 2.45) is 0 Å². The van der Waals surface area contributed by atoms with Crippen LogP contribution in [-0.2, 0) is 14.2 Å². The zero-order chi connectivity index (χ0) is 10.6. The average Bonchev–Trinajstić information content (AvgIpc) is 2.77. The summed E-state index contributed by atoms with van der Waals surface area (Å²) in [4.78, 5) is 0. The molecule has 1 aliphatic heterocycles. The Labute approximate surface area is 85.2 Å². The van der Waals surface area contributed by atoms with Gasteiger partial charge in [-0.2, -0.15) is 0 Å². The minimum absolute atomic E-state index is 0.0501. The van der Waals surface area contributed by atoms with Crippen LogP contribution in [0.15, 0.2) is 0 Å². The molecule has 0 amide bonds. The number of aliphatic hydroxyl groups is 1. The highest BCUT2D eigenvalue weighted by Crippen LogP contribution is 2.40. The van der Waals surface area contributed by atoms with E-state index in [0.29, 0.717) is 19.6 Å². The lowest BCUT2D eigenvalue weighted by molar-refractivity contribution is -0.146. The van der Waals surface area contributed by atoms with Gasteiger partial charge in [0.15, 0.2) is 6.29 Å². The van der Waals surface area contributed by atoms with Crippen molar-refractivity contribution in [2.75, 3.05) is 19.8 Å². The van der Waals surface area contributed by atoms with Crippen LogP contribution in [0, 0.1) is 0 Å². The zero-order valence-electron chi connectivity index (χ0n) is 9.16. The number of rotatable bonds is 7. The van der Waals surface area contributed by atoms with Crippen LogP contribution < -0.4 is 0 Å². The van der Waals surface area contributed by atoms with Crippen molar-refractivity contribution in [1.29, 1.82) is 0 Å². The first-order valence-electron chi connectivity index (χ1n) is 5.18. The Hall–Kier alpha value is -0.160. The van der Waals surface area contributed by atoms with Gasteiger partial charge in [0.05, 0.1) is 12.2 Å². The highest BCUT2D eigenvalue weighted by molar-refractivity contribution is 4.99. The van der Waals surface area contributed by atoms with Crippen LogP contribution >= 0.6 is 0 Å². The summed E-state index contributed by atoms with van der Waals surface area (Å²) in [5.41, 5.74) is -0.260. The summed E-state index contributed by atoms with van der Waals surface area (Å²) in [7, 11) is 0. The molecule has 0 aliphatic carbocycles. The Bertz CT molecular complexity index is 168. The van der Waals surface area contributed by atoms with Crippen LogP contribution in [0.25, 0.3) is 0 Å². The lowest BCUT2D eigenvalue weighted by Gasteiger charge is -2.18. The molecule has 1 unspecified atom stereocenters. The van der Waals surface area contributed by atoms with Crippen molar-refractivity contribution in [1.82, 2.24) is 0 Å². The highest BCUT2D eigenvalue weighted by atomic mass is 16.7. The SMILES string of the molecule is CCOC(C[C@]1(C)OC1CO)OCC. The molecule has 0 saturated carbocycles. The van der Waals surface area contributed by atoms with E-state index in [2.05, 4.69) is 0 Å². The molecule has 84 valence electrons. The van der Waals surface area contributed by atoms with E-state index >= 15 is 0 Å². The minimum Gasteiger partial charge on any atom is -0.394 e. The Balaban J connectivity index is 2.32. The van der Waals surface area contributed by atoms with Gasteiger partial charge in [0.2, 0.25) is 0 Å². The van der Waals surface area contributed by atoms with Gasteiger partial charge in [0.1, 0.15) is 6.10 Å². The summed E-state index contributed by atoms with van der Waals surface area (Å²) in [5, 5.41) is 8.91. The molecule has 0 spiro atoms. The van der Waals surface area contributed by atoms with Gasteiger partial charge in [-0.3, -0.25) is 0 Å². The molecule has 4 nitrogen and oxygen atoms in total. The van der Waals surface area contributed by atoms with Gasteiger partial charge in [-0.25, -0.2) is 0 Å². The third-order valence-electron chi connectivity index (χ3n) is 2.48. The molecule has 0 aromatic carbocycles. The topological polar surface area (TPSA) is 51.2 Å². The van der Waals surface area contributed by atoms with E-state index in [1.807, 2.05) is 20.8 Å². The molecule has 1 N–H and O–H groups in total. The molecule has 4 heteroatoms. The largest absolute Gasteiger partial charge is 0.394 e. The second kappa shape index (κ2) is 5.07. The van der Waals surface area contributed by atoms with Gasteiger partial charge in [0.25, 0.3) is 0 Å². The van der Waals surface area contributed by atoms with Crippen molar-refractivity contribution in [3.05, 3.63) is 0 Å². The lowest BCUT2D eigenvalue weighted by atomic mass is 10.0. The monoisotopic (exact) mass is 204 g/mol. The van der Waals surface area contributed by atoms with E-state index in [4.69, 9.17) is 19.3 Å². The molecule has 0 radical (unpaired) electrons. The molecule has 1 heterocycles.